The van der Waals surface area contributed by atoms with Crippen molar-refractivity contribution in [1.82, 2.24) is 0 Å². The van der Waals surface area contributed by atoms with Crippen molar-refractivity contribution in [3.05, 3.63) is 54.6 Å². The molecule has 0 bridgehead atoms. The van der Waals surface area contributed by atoms with Crippen LogP contribution in [0.25, 0.3) is 21.5 Å². The Balaban J connectivity index is 2.10. The fraction of sp³-hybridized carbons (Fsp3) is 0.263. The second-order valence-electron chi connectivity index (χ2n) is 5.39. The minimum absolute atomic E-state index is 0.261. The topological polar surface area (TPSA) is 9.23 Å². The van der Waals surface area contributed by atoms with Gasteiger partial charge in [0.1, 0.15) is 5.75 Å². The van der Waals surface area contributed by atoms with E-state index < -0.39 is 0 Å². The Morgan fingerprint density at radius 3 is 2.35 bits per heavy atom. The van der Waals surface area contributed by atoms with Crippen LogP contribution in [0, 0.1) is 0 Å². The van der Waals surface area contributed by atoms with Crippen molar-refractivity contribution in [3.63, 3.8) is 0 Å². The first-order valence-corrected chi connectivity index (χ1v) is 7.36. The highest BCUT2D eigenvalue weighted by molar-refractivity contribution is 6.00. The maximum atomic E-state index is 6.12. The number of hydrogen-bond donors (Lipinski definition) is 0. The minimum atomic E-state index is 0.261. The average molecular weight is 264 g/mol. The van der Waals surface area contributed by atoms with Gasteiger partial charge in [-0.25, -0.2) is 0 Å². The molecule has 3 aromatic rings. The molecule has 0 saturated heterocycles. The quantitative estimate of drug-likeness (QED) is 0.560. The zero-order valence-electron chi connectivity index (χ0n) is 12.1. The summed E-state index contributed by atoms with van der Waals surface area (Å²) in [5.41, 5.74) is 0. The van der Waals surface area contributed by atoms with E-state index in [2.05, 4.69) is 68.4 Å². The summed E-state index contributed by atoms with van der Waals surface area (Å²) >= 11 is 0. The molecule has 0 fully saturated rings. The van der Waals surface area contributed by atoms with Gasteiger partial charge in [0, 0.05) is 5.39 Å². The average Bonchev–Trinajstić information content (AvgIpc) is 2.46. The maximum Gasteiger partial charge on any atom is 0.127 e. The van der Waals surface area contributed by atoms with E-state index in [1.54, 1.807) is 0 Å². The molecule has 1 unspecified atom stereocenters. The molecule has 1 heteroatoms. The Bertz CT molecular complexity index is 730. The van der Waals surface area contributed by atoms with Crippen LogP contribution in [0.3, 0.4) is 0 Å². The molecular weight excluding hydrogens is 244 g/mol. The van der Waals surface area contributed by atoms with Crippen molar-refractivity contribution in [2.75, 3.05) is 0 Å². The van der Waals surface area contributed by atoms with Crippen LogP contribution in [0.2, 0.25) is 0 Å². The molecule has 3 aromatic carbocycles. The fourth-order valence-electron chi connectivity index (χ4n) is 2.72. The third-order valence-electron chi connectivity index (χ3n) is 3.73. The van der Waals surface area contributed by atoms with E-state index in [4.69, 9.17) is 4.74 Å². The van der Waals surface area contributed by atoms with Gasteiger partial charge in [-0.1, -0.05) is 49.7 Å². The summed E-state index contributed by atoms with van der Waals surface area (Å²) in [5.74, 6) is 0.995. The Hall–Kier alpha value is -2.02. The van der Waals surface area contributed by atoms with Gasteiger partial charge in [0.25, 0.3) is 0 Å². The molecule has 0 saturated carbocycles. The van der Waals surface area contributed by atoms with Crippen LogP contribution in [0.1, 0.15) is 26.7 Å². The van der Waals surface area contributed by atoms with Crippen LogP contribution in [-0.2, 0) is 0 Å². The van der Waals surface area contributed by atoms with E-state index in [-0.39, 0.29) is 6.10 Å². The van der Waals surface area contributed by atoms with Crippen molar-refractivity contribution in [2.24, 2.45) is 0 Å². The van der Waals surface area contributed by atoms with Gasteiger partial charge in [0.05, 0.1) is 6.10 Å². The normalized spacial score (nSPS) is 12.7. The first-order chi connectivity index (χ1) is 9.78. The molecule has 0 aromatic heterocycles. The molecule has 20 heavy (non-hydrogen) atoms. The van der Waals surface area contributed by atoms with E-state index in [1.807, 2.05) is 0 Å². The Morgan fingerprint density at radius 2 is 1.60 bits per heavy atom. The van der Waals surface area contributed by atoms with E-state index in [9.17, 15) is 0 Å². The lowest BCUT2D eigenvalue weighted by molar-refractivity contribution is 0.212. The molecular formula is C19H20O. The van der Waals surface area contributed by atoms with Gasteiger partial charge in [-0.3, -0.25) is 0 Å². The molecule has 102 valence electrons. The smallest absolute Gasteiger partial charge is 0.127 e. The summed E-state index contributed by atoms with van der Waals surface area (Å²) in [6.07, 6.45) is 2.50. The standard InChI is InChI=1S/C19H20O/c1-3-7-14(2)20-19-11-6-10-17-12-15-8-4-5-9-16(15)13-18(17)19/h4-6,8-14H,3,7H2,1-2H3. The van der Waals surface area contributed by atoms with Gasteiger partial charge in [-0.15, -0.1) is 0 Å². The third-order valence-corrected chi connectivity index (χ3v) is 3.73. The Kier molecular flexibility index (Phi) is 3.60. The van der Waals surface area contributed by atoms with E-state index in [1.165, 1.54) is 21.5 Å². The number of rotatable bonds is 4. The van der Waals surface area contributed by atoms with Crippen LogP contribution in [0.15, 0.2) is 54.6 Å². The van der Waals surface area contributed by atoms with Gasteiger partial charge >= 0.3 is 0 Å². The van der Waals surface area contributed by atoms with Crippen molar-refractivity contribution < 1.29 is 4.74 Å². The SMILES string of the molecule is CCCC(C)Oc1cccc2cc3ccccc3cc12. The first kappa shape index (κ1) is 13.0. The van der Waals surface area contributed by atoms with Crippen molar-refractivity contribution >= 4 is 21.5 Å². The number of ether oxygens (including phenoxy) is 1. The van der Waals surface area contributed by atoms with Crippen LogP contribution in [0.4, 0.5) is 0 Å². The van der Waals surface area contributed by atoms with Gasteiger partial charge in [0.2, 0.25) is 0 Å². The zero-order chi connectivity index (χ0) is 13.9. The molecule has 0 N–H and O–H groups in total. The summed E-state index contributed by atoms with van der Waals surface area (Å²) < 4.78 is 6.12. The minimum Gasteiger partial charge on any atom is -0.490 e. The second kappa shape index (κ2) is 5.54. The summed E-state index contributed by atoms with van der Waals surface area (Å²) in [4.78, 5) is 0. The van der Waals surface area contributed by atoms with Crippen molar-refractivity contribution in [3.8, 4) is 5.75 Å². The molecule has 0 aliphatic carbocycles. The lowest BCUT2D eigenvalue weighted by atomic mass is 10.0. The molecule has 0 aliphatic heterocycles. The van der Waals surface area contributed by atoms with Gasteiger partial charge < -0.3 is 4.74 Å². The van der Waals surface area contributed by atoms with Gasteiger partial charge in [-0.2, -0.15) is 0 Å². The van der Waals surface area contributed by atoms with Gasteiger partial charge in [-0.05, 0) is 47.7 Å². The summed E-state index contributed by atoms with van der Waals surface area (Å²) in [7, 11) is 0. The van der Waals surface area contributed by atoms with Crippen LogP contribution in [0.5, 0.6) is 5.75 Å². The zero-order valence-corrected chi connectivity index (χ0v) is 12.1. The highest BCUT2D eigenvalue weighted by atomic mass is 16.5. The molecule has 3 rings (SSSR count). The number of hydrogen-bond acceptors (Lipinski definition) is 1. The second-order valence-corrected chi connectivity index (χ2v) is 5.39. The van der Waals surface area contributed by atoms with E-state index >= 15 is 0 Å². The largest absolute Gasteiger partial charge is 0.490 e. The van der Waals surface area contributed by atoms with E-state index in [0.29, 0.717) is 0 Å². The fourth-order valence-corrected chi connectivity index (χ4v) is 2.72. The summed E-state index contributed by atoms with van der Waals surface area (Å²) in [6.45, 7) is 4.33. The summed E-state index contributed by atoms with van der Waals surface area (Å²) in [5, 5.41) is 4.98. The highest BCUT2D eigenvalue weighted by Gasteiger charge is 2.07. The maximum absolute atomic E-state index is 6.12. The predicted octanol–water partition coefficient (Wildman–Crippen LogP) is 5.56. The molecule has 1 atom stereocenters. The molecule has 0 heterocycles. The lowest BCUT2D eigenvalue weighted by Crippen LogP contribution is -2.11. The van der Waals surface area contributed by atoms with Crippen LogP contribution in [-0.4, -0.2) is 6.10 Å². The summed E-state index contributed by atoms with van der Waals surface area (Å²) in [6, 6.07) is 19.2. The van der Waals surface area contributed by atoms with Crippen LogP contribution >= 0.6 is 0 Å². The highest BCUT2D eigenvalue weighted by Crippen LogP contribution is 2.30. The Labute approximate surface area is 120 Å². The van der Waals surface area contributed by atoms with Crippen molar-refractivity contribution in [2.45, 2.75) is 32.8 Å². The van der Waals surface area contributed by atoms with Crippen molar-refractivity contribution in [1.29, 1.82) is 0 Å². The number of benzene rings is 3. The van der Waals surface area contributed by atoms with Gasteiger partial charge in [0.15, 0.2) is 0 Å². The third kappa shape index (κ3) is 2.49. The molecule has 0 aliphatic rings. The molecule has 0 spiro atoms. The molecule has 1 nitrogen and oxygen atoms in total. The molecule has 0 radical (unpaired) electrons. The van der Waals surface area contributed by atoms with E-state index in [0.717, 1.165) is 18.6 Å². The lowest BCUT2D eigenvalue weighted by Gasteiger charge is -2.16. The first-order valence-electron chi connectivity index (χ1n) is 7.36. The monoisotopic (exact) mass is 264 g/mol. The number of fused-ring (bicyclic) bond motifs is 2. The Morgan fingerprint density at radius 1 is 0.900 bits per heavy atom. The van der Waals surface area contributed by atoms with Crippen LogP contribution < -0.4 is 4.74 Å². The molecule has 0 amide bonds. The predicted molar refractivity (Wildman–Crippen MR) is 86.5 cm³/mol.